The van der Waals surface area contributed by atoms with Crippen LogP contribution in [0, 0.1) is 5.92 Å². The van der Waals surface area contributed by atoms with E-state index >= 15 is 0 Å². The van der Waals surface area contributed by atoms with Crippen molar-refractivity contribution in [1.29, 1.82) is 0 Å². The van der Waals surface area contributed by atoms with Gasteiger partial charge in [0.1, 0.15) is 11.6 Å². The molecule has 2 nitrogen and oxygen atoms in total. The number of unbranched alkanes of at least 4 members (excludes halogenated alkanes) is 28. The van der Waals surface area contributed by atoms with E-state index in [0.29, 0.717) is 30.8 Å². The van der Waals surface area contributed by atoms with E-state index in [2.05, 4.69) is 13.8 Å². The van der Waals surface area contributed by atoms with Crippen molar-refractivity contribution in [2.24, 2.45) is 5.92 Å². The molecular weight excluding hydrogens is 500 g/mol. The third-order valence-corrected chi connectivity index (χ3v) is 9.17. The molecule has 0 N–H and O–H groups in total. The molecule has 0 amide bonds. The minimum Gasteiger partial charge on any atom is -0.300 e. The molecule has 0 spiro atoms. The van der Waals surface area contributed by atoms with Crippen LogP contribution in [0.2, 0.25) is 0 Å². The Balaban J connectivity index is 3.40. The highest BCUT2D eigenvalue weighted by Gasteiger charge is 2.16. The molecule has 0 aromatic carbocycles. The highest BCUT2D eigenvalue weighted by Crippen LogP contribution is 2.17. The lowest BCUT2D eigenvalue weighted by molar-refractivity contribution is -0.127. The maximum Gasteiger partial charge on any atom is 0.136 e. The van der Waals surface area contributed by atoms with Crippen LogP contribution in [0.15, 0.2) is 0 Å². The van der Waals surface area contributed by atoms with E-state index in [9.17, 15) is 9.59 Å². The van der Waals surface area contributed by atoms with Gasteiger partial charge in [-0.05, 0) is 12.8 Å². The van der Waals surface area contributed by atoms with Gasteiger partial charge in [0.15, 0.2) is 0 Å². The van der Waals surface area contributed by atoms with Gasteiger partial charge in [-0.3, -0.25) is 9.59 Å². The topological polar surface area (TPSA) is 34.1 Å². The Morgan fingerprint density at radius 1 is 0.366 bits per heavy atom. The van der Waals surface area contributed by atoms with Crippen molar-refractivity contribution < 1.29 is 9.59 Å². The maximum absolute atomic E-state index is 12.5. The van der Waals surface area contributed by atoms with Crippen LogP contribution in [-0.2, 0) is 9.59 Å². The standard InChI is InChI=1S/C39H76O2/c1-4-6-8-10-12-14-16-18-20-22-24-26-28-30-32-34-38(40)36-37(3)39(41)35-33-31-29-27-25-23-21-19-17-15-13-11-9-7-5-2/h37H,4-36H2,1-3H3. The summed E-state index contributed by atoms with van der Waals surface area (Å²) in [7, 11) is 0. The van der Waals surface area contributed by atoms with E-state index in [1.54, 1.807) is 0 Å². The molecule has 1 unspecified atom stereocenters. The lowest BCUT2D eigenvalue weighted by Crippen LogP contribution is -2.15. The van der Waals surface area contributed by atoms with Crippen LogP contribution < -0.4 is 0 Å². The quantitative estimate of drug-likeness (QED) is 0.0703. The Bertz CT molecular complexity index is 540. The minimum absolute atomic E-state index is 0.0783. The van der Waals surface area contributed by atoms with Crippen molar-refractivity contribution in [3.8, 4) is 0 Å². The molecule has 2 heteroatoms. The Morgan fingerprint density at radius 2 is 0.610 bits per heavy atom. The monoisotopic (exact) mass is 577 g/mol. The molecule has 244 valence electrons. The molecule has 0 rings (SSSR count). The zero-order chi connectivity index (χ0) is 30.1. The number of carbonyl (C=O) groups excluding carboxylic acids is 2. The SMILES string of the molecule is CCCCCCCCCCCCCCCCCC(=O)CC(C)C(=O)CCCCCCCCCCCCCCCCC. The van der Waals surface area contributed by atoms with E-state index in [0.717, 1.165) is 12.8 Å². The van der Waals surface area contributed by atoms with E-state index in [4.69, 9.17) is 0 Å². The Kier molecular flexibility index (Phi) is 33.3. The van der Waals surface area contributed by atoms with Gasteiger partial charge in [-0.1, -0.05) is 201 Å². The van der Waals surface area contributed by atoms with Gasteiger partial charge in [-0.2, -0.15) is 0 Å². The van der Waals surface area contributed by atoms with E-state index in [1.807, 2.05) is 6.92 Å². The van der Waals surface area contributed by atoms with Crippen LogP contribution in [0.25, 0.3) is 0 Å². The molecule has 0 radical (unpaired) electrons. The number of hydrogen-bond acceptors (Lipinski definition) is 2. The molecule has 0 saturated carbocycles. The maximum atomic E-state index is 12.5. The van der Waals surface area contributed by atoms with Gasteiger partial charge in [0.05, 0.1) is 0 Å². The number of carbonyl (C=O) groups is 2. The summed E-state index contributed by atoms with van der Waals surface area (Å²) in [6.07, 6.45) is 42.3. The van der Waals surface area contributed by atoms with Gasteiger partial charge >= 0.3 is 0 Å². The summed E-state index contributed by atoms with van der Waals surface area (Å²) in [5.74, 6) is 0.534. The molecule has 0 aliphatic carbocycles. The highest BCUT2D eigenvalue weighted by atomic mass is 16.1. The zero-order valence-electron chi connectivity index (χ0n) is 28.7. The fourth-order valence-corrected chi connectivity index (χ4v) is 6.17. The third-order valence-electron chi connectivity index (χ3n) is 9.17. The average molecular weight is 577 g/mol. The summed E-state index contributed by atoms with van der Waals surface area (Å²) >= 11 is 0. The molecule has 0 aliphatic rings. The second-order valence-corrected chi connectivity index (χ2v) is 13.5. The molecule has 0 aliphatic heterocycles. The first kappa shape index (κ1) is 40.3. The van der Waals surface area contributed by atoms with Gasteiger partial charge in [0.25, 0.3) is 0 Å². The molecule has 0 aromatic heterocycles. The largest absolute Gasteiger partial charge is 0.300 e. The lowest BCUT2D eigenvalue weighted by Gasteiger charge is -2.10. The van der Waals surface area contributed by atoms with Crippen LogP contribution in [0.1, 0.15) is 233 Å². The van der Waals surface area contributed by atoms with Crippen molar-refractivity contribution in [2.45, 2.75) is 233 Å². The molecule has 0 aromatic rings. The van der Waals surface area contributed by atoms with Gasteiger partial charge in [0.2, 0.25) is 0 Å². The van der Waals surface area contributed by atoms with Crippen LogP contribution in [0.5, 0.6) is 0 Å². The average Bonchev–Trinajstić information content (AvgIpc) is 2.96. The van der Waals surface area contributed by atoms with Crippen molar-refractivity contribution in [3.63, 3.8) is 0 Å². The van der Waals surface area contributed by atoms with Crippen LogP contribution >= 0.6 is 0 Å². The number of rotatable bonds is 35. The summed E-state index contributed by atoms with van der Waals surface area (Å²) in [6.45, 7) is 6.54. The second-order valence-electron chi connectivity index (χ2n) is 13.5. The fraction of sp³-hybridized carbons (Fsp3) is 0.949. The summed E-state index contributed by atoms with van der Waals surface area (Å²) in [5.41, 5.74) is 0. The second kappa shape index (κ2) is 33.8. The molecule has 41 heavy (non-hydrogen) atoms. The molecule has 0 fully saturated rings. The van der Waals surface area contributed by atoms with Crippen LogP contribution in [-0.4, -0.2) is 11.6 Å². The first-order chi connectivity index (χ1) is 20.1. The van der Waals surface area contributed by atoms with Gasteiger partial charge in [-0.25, -0.2) is 0 Å². The number of Topliss-reactive ketones (excluding diaryl/α,β-unsaturated/α-hetero) is 2. The van der Waals surface area contributed by atoms with Gasteiger partial charge in [-0.15, -0.1) is 0 Å². The zero-order valence-corrected chi connectivity index (χ0v) is 28.7. The summed E-state index contributed by atoms with van der Waals surface area (Å²) in [4.78, 5) is 24.8. The van der Waals surface area contributed by atoms with Gasteiger partial charge in [0, 0.05) is 25.2 Å². The smallest absolute Gasteiger partial charge is 0.136 e. The normalized spacial score (nSPS) is 12.2. The van der Waals surface area contributed by atoms with Crippen LogP contribution in [0.4, 0.5) is 0 Å². The Hall–Kier alpha value is -0.660. The summed E-state index contributed by atoms with van der Waals surface area (Å²) in [5, 5.41) is 0. The van der Waals surface area contributed by atoms with Crippen molar-refractivity contribution in [3.05, 3.63) is 0 Å². The first-order valence-corrected chi connectivity index (χ1v) is 19.2. The predicted molar refractivity (Wildman–Crippen MR) is 183 cm³/mol. The number of hydrogen-bond donors (Lipinski definition) is 0. The molecular formula is C39H76O2. The molecule has 0 heterocycles. The van der Waals surface area contributed by atoms with Crippen molar-refractivity contribution >= 4 is 11.6 Å². The van der Waals surface area contributed by atoms with E-state index in [-0.39, 0.29) is 5.92 Å². The molecule has 0 bridgehead atoms. The first-order valence-electron chi connectivity index (χ1n) is 19.2. The van der Waals surface area contributed by atoms with Crippen molar-refractivity contribution in [1.82, 2.24) is 0 Å². The molecule has 1 atom stereocenters. The van der Waals surface area contributed by atoms with Crippen LogP contribution in [0.3, 0.4) is 0 Å². The van der Waals surface area contributed by atoms with Crippen molar-refractivity contribution in [2.75, 3.05) is 0 Å². The van der Waals surface area contributed by atoms with E-state index in [1.165, 1.54) is 180 Å². The number of ketones is 2. The Labute approximate surface area is 259 Å². The Morgan fingerprint density at radius 3 is 0.902 bits per heavy atom. The lowest BCUT2D eigenvalue weighted by atomic mass is 9.93. The molecule has 0 saturated heterocycles. The predicted octanol–water partition coefficient (Wildman–Crippen LogP) is 13.7. The summed E-state index contributed by atoms with van der Waals surface area (Å²) in [6, 6.07) is 0. The van der Waals surface area contributed by atoms with E-state index < -0.39 is 0 Å². The highest BCUT2D eigenvalue weighted by molar-refractivity contribution is 5.87. The fourth-order valence-electron chi connectivity index (χ4n) is 6.17. The third kappa shape index (κ3) is 32.1. The van der Waals surface area contributed by atoms with Gasteiger partial charge < -0.3 is 0 Å². The minimum atomic E-state index is -0.0783. The summed E-state index contributed by atoms with van der Waals surface area (Å²) < 4.78 is 0.